The first-order chi connectivity index (χ1) is 4.24. The van der Waals surface area contributed by atoms with Crippen molar-refractivity contribution in [3.05, 3.63) is 0 Å². The normalized spacial score (nSPS) is 2.40. The Morgan fingerprint density at radius 2 is 0.700 bits per heavy atom. The molecule has 0 aliphatic rings. The van der Waals surface area contributed by atoms with Crippen molar-refractivity contribution >= 4 is 66.3 Å². The van der Waals surface area contributed by atoms with Crippen molar-refractivity contribution in [3.63, 3.8) is 0 Å². The van der Waals surface area contributed by atoms with Crippen molar-refractivity contribution in [2.24, 2.45) is 0 Å². The molecule has 10 heteroatoms. The van der Waals surface area contributed by atoms with Crippen LogP contribution in [-0.2, 0) is 11.4 Å². The van der Waals surface area contributed by atoms with Crippen LogP contribution in [0.25, 0.3) is 0 Å². The Labute approximate surface area is 89.5 Å². The number of hydrogen-bond acceptors (Lipinski definition) is 6. The van der Waals surface area contributed by atoms with E-state index in [1.165, 1.54) is 0 Å². The molecule has 0 atom stereocenters. The van der Waals surface area contributed by atoms with Crippen LogP contribution in [0.15, 0.2) is 0 Å². The average molecular weight is 247 g/mol. The summed E-state index contributed by atoms with van der Waals surface area (Å²) >= 11 is -5.25. The van der Waals surface area contributed by atoms with E-state index in [1.54, 1.807) is 0 Å². The molecule has 10 heavy (non-hydrogen) atoms. The molecular formula is Al3GaO6. The van der Waals surface area contributed by atoms with E-state index < -0.39 is 46.5 Å². The zero-order valence-electron chi connectivity index (χ0n) is 4.76. The maximum atomic E-state index is 8.46. The van der Waals surface area contributed by atoms with Gasteiger partial charge in [-0.05, 0) is 0 Å². The van der Waals surface area contributed by atoms with Crippen LogP contribution in [0.1, 0.15) is 0 Å². The third-order valence-electron chi connectivity index (χ3n) is 0. The van der Waals surface area contributed by atoms with Gasteiger partial charge in [-0.2, -0.15) is 0 Å². The molecule has 0 aliphatic carbocycles. The molecule has 48 valence electrons. The summed E-state index contributed by atoms with van der Waals surface area (Å²) in [5, 5.41) is 0. The standard InChI is InChI=1S/3Al.Ga.6O/q;;;+3;;;;3*-1. The van der Waals surface area contributed by atoms with Crippen molar-refractivity contribution in [2.75, 3.05) is 0 Å². The second-order valence-corrected chi connectivity index (χ2v) is 0.866. The molecular weight excluding hydrogens is 247 g/mol. The molecule has 0 amide bonds. The Kier molecular flexibility index (Phi) is 113. The molecule has 6 nitrogen and oxygen atoms in total. The molecule has 0 bridgehead atoms. The number of hydrogen-bond donors (Lipinski definition) is 0. The molecule has 0 N–H and O–H groups in total. The SMILES string of the molecule is [Ga+3].[O]=[Al][O-].[O]=[Al][O-].[O]=[Al][O-]. The van der Waals surface area contributed by atoms with Crippen LogP contribution in [-0.4, -0.2) is 66.3 Å². The predicted octanol–water partition coefficient (Wildman–Crippen LogP) is -5.45. The molecule has 0 heterocycles. The van der Waals surface area contributed by atoms with Crippen LogP contribution in [0.4, 0.5) is 0 Å². The van der Waals surface area contributed by atoms with Gasteiger partial charge < -0.3 is 0 Å². The number of rotatable bonds is 0. The summed E-state index contributed by atoms with van der Waals surface area (Å²) in [5.41, 5.74) is 0. The quantitative estimate of drug-likeness (QED) is 0.393. The van der Waals surface area contributed by atoms with Crippen LogP contribution in [0.5, 0.6) is 0 Å². The van der Waals surface area contributed by atoms with E-state index in [-0.39, 0.29) is 19.8 Å². The van der Waals surface area contributed by atoms with Gasteiger partial charge in [-0.1, -0.05) is 0 Å². The van der Waals surface area contributed by atoms with Crippen molar-refractivity contribution in [3.8, 4) is 0 Å². The second kappa shape index (κ2) is 50.3. The predicted molar refractivity (Wildman–Crippen MR) is 25.1 cm³/mol. The first kappa shape index (κ1) is 22.5. The maximum absolute atomic E-state index is 8.46. The summed E-state index contributed by atoms with van der Waals surface area (Å²) in [5.74, 6) is 0. The zero-order chi connectivity index (χ0) is 8.12. The van der Waals surface area contributed by atoms with Gasteiger partial charge in [0.05, 0.1) is 0 Å². The Balaban J connectivity index is -0.0000000257. The van der Waals surface area contributed by atoms with Crippen molar-refractivity contribution in [1.82, 2.24) is 0 Å². The fourth-order valence-corrected chi connectivity index (χ4v) is 0. The molecule has 0 rings (SSSR count). The summed E-state index contributed by atoms with van der Waals surface area (Å²) < 4.78 is 50.8. The molecule has 0 fully saturated rings. The van der Waals surface area contributed by atoms with Crippen molar-refractivity contribution in [1.29, 1.82) is 0 Å². The second-order valence-electron chi connectivity index (χ2n) is 0.289. The average Bonchev–Trinajstić information content (AvgIpc) is 1.70. The molecule has 0 radical (unpaired) electrons. The molecule has 0 unspecified atom stereocenters. The Hall–Kier alpha value is 1.03. The molecule has 0 aromatic rings. The first-order valence-electron chi connectivity index (χ1n) is 1.41. The van der Waals surface area contributed by atoms with Gasteiger partial charge >= 0.3 is 90.1 Å². The zero-order valence-corrected chi connectivity index (χ0v) is 10.6. The minimum absolute atomic E-state index is 0. The fraction of sp³-hybridized carbons (Fsp3) is 0. The van der Waals surface area contributed by atoms with E-state index in [0.29, 0.717) is 0 Å². The summed E-state index contributed by atoms with van der Waals surface area (Å²) in [7, 11) is 0. The van der Waals surface area contributed by atoms with Gasteiger partial charge in [0.1, 0.15) is 0 Å². The molecule has 0 aromatic heterocycles. The molecule has 0 saturated heterocycles. The molecule has 0 aromatic carbocycles. The summed E-state index contributed by atoms with van der Waals surface area (Å²) in [6.45, 7) is 0. The topological polar surface area (TPSA) is 120 Å². The first-order valence-corrected chi connectivity index (χ1v) is 4.24. The van der Waals surface area contributed by atoms with E-state index in [0.717, 1.165) is 0 Å². The van der Waals surface area contributed by atoms with Gasteiger partial charge in [0, 0.05) is 0 Å². The monoisotopic (exact) mass is 246 g/mol. The van der Waals surface area contributed by atoms with Crippen LogP contribution in [0.3, 0.4) is 0 Å². The molecule has 0 saturated carbocycles. The van der Waals surface area contributed by atoms with E-state index in [2.05, 4.69) is 0 Å². The van der Waals surface area contributed by atoms with Gasteiger partial charge in [-0.15, -0.1) is 0 Å². The van der Waals surface area contributed by atoms with Gasteiger partial charge in [-0.3, -0.25) is 0 Å². The summed E-state index contributed by atoms with van der Waals surface area (Å²) in [6, 6.07) is 0. The van der Waals surface area contributed by atoms with E-state index in [4.69, 9.17) is 23.9 Å². The van der Waals surface area contributed by atoms with Gasteiger partial charge in [0.25, 0.3) is 0 Å². The van der Waals surface area contributed by atoms with Gasteiger partial charge in [-0.25, -0.2) is 0 Å². The van der Waals surface area contributed by atoms with Gasteiger partial charge in [0.2, 0.25) is 0 Å². The fourth-order valence-electron chi connectivity index (χ4n) is 0. The van der Waals surface area contributed by atoms with E-state index in [9.17, 15) is 0 Å². The van der Waals surface area contributed by atoms with Gasteiger partial charge in [0.15, 0.2) is 0 Å². The molecule has 0 aliphatic heterocycles. The minimum atomic E-state index is -1.75. The summed E-state index contributed by atoms with van der Waals surface area (Å²) in [6.07, 6.45) is 0. The van der Waals surface area contributed by atoms with Crippen LogP contribution < -0.4 is 12.5 Å². The van der Waals surface area contributed by atoms with Crippen LogP contribution >= 0.6 is 0 Å². The Morgan fingerprint density at radius 3 is 0.700 bits per heavy atom. The van der Waals surface area contributed by atoms with Crippen molar-refractivity contribution in [2.45, 2.75) is 0 Å². The Morgan fingerprint density at radius 1 is 0.700 bits per heavy atom. The third kappa shape index (κ3) is 546. The molecule has 0 spiro atoms. The Bertz CT molecular complexity index is 49.7. The van der Waals surface area contributed by atoms with Crippen molar-refractivity contribution < 1.29 is 23.9 Å². The van der Waals surface area contributed by atoms with Crippen LogP contribution in [0.2, 0.25) is 0 Å². The van der Waals surface area contributed by atoms with E-state index >= 15 is 0 Å². The summed E-state index contributed by atoms with van der Waals surface area (Å²) in [4.78, 5) is 0. The van der Waals surface area contributed by atoms with E-state index in [1.807, 2.05) is 0 Å². The van der Waals surface area contributed by atoms with Crippen LogP contribution in [0, 0.1) is 0 Å². The third-order valence-corrected chi connectivity index (χ3v) is 0.